The van der Waals surface area contributed by atoms with Gasteiger partial charge in [-0.25, -0.2) is 8.78 Å². The van der Waals surface area contributed by atoms with Gasteiger partial charge in [-0.1, -0.05) is 0 Å². The fraction of sp³-hybridized carbons (Fsp3) is 0.300. The van der Waals surface area contributed by atoms with Gasteiger partial charge in [0.15, 0.2) is 5.78 Å². The van der Waals surface area contributed by atoms with E-state index in [-0.39, 0.29) is 16.8 Å². The zero-order valence-corrected chi connectivity index (χ0v) is 7.97. The molecule has 0 radical (unpaired) electrons. The van der Waals surface area contributed by atoms with Gasteiger partial charge in [0.05, 0.1) is 5.56 Å². The average Bonchev–Trinajstić information content (AvgIpc) is 2.01. The van der Waals surface area contributed by atoms with Crippen molar-refractivity contribution in [3.05, 3.63) is 28.8 Å². The molecule has 2 nitrogen and oxygen atoms in total. The van der Waals surface area contributed by atoms with Crippen molar-refractivity contribution in [3.63, 3.8) is 0 Å². The maximum absolute atomic E-state index is 12.5. The summed E-state index contributed by atoms with van der Waals surface area (Å²) in [5.41, 5.74) is 5.76. The van der Waals surface area contributed by atoms with Gasteiger partial charge in [0.25, 0.3) is 6.43 Å². The Hall–Kier alpha value is -1.45. The van der Waals surface area contributed by atoms with E-state index >= 15 is 0 Å². The summed E-state index contributed by atoms with van der Waals surface area (Å²) in [4.78, 5) is 11.1. The summed E-state index contributed by atoms with van der Waals surface area (Å²) in [6.45, 7) is 2.96. The number of alkyl halides is 2. The molecule has 1 aromatic rings. The van der Waals surface area contributed by atoms with Gasteiger partial charge in [0.2, 0.25) is 0 Å². The van der Waals surface area contributed by atoms with Crippen LogP contribution >= 0.6 is 0 Å². The lowest BCUT2D eigenvalue weighted by Crippen LogP contribution is -2.05. The number of nitrogens with two attached hydrogens (primary N) is 1. The Labute approximate surface area is 80.7 Å². The summed E-state index contributed by atoms with van der Waals surface area (Å²) in [6.07, 6.45) is -2.71. The van der Waals surface area contributed by atoms with Crippen LogP contribution in [0.25, 0.3) is 0 Å². The van der Waals surface area contributed by atoms with E-state index in [0.29, 0.717) is 5.56 Å². The zero-order chi connectivity index (χ0) is 10.9. The maximum atomic E-state index is 12.5. The van der Waals surface area contributed by atoms with Gasteiger partial charge in [0, 0.05) is 11.3 Å². The summed E-state index contributed by atoms with van der Waals surface area (Å²) in [5, 5.41) is 0. The second-order valence-electron chi connectivity index (χ2n) is 3.17. The first-order valence-corrected chi connectivity index (χ1v) is 4.12. The molecule has 0 fully saturated rings. The van der Waals surface area contributed by atoms with Crippen LogP contribution in [0, 0.1) is 6.92 Å². The second-order valence-corrected chi connectivity index (χ2v) is 3.17. The standard InChI is InChI=1S/C10H11F2NO/c1-5-3-7(6(2)14)9(10(11)12)8(13)4-5/h3-4,10H,13H2,1-2H3. The van der Waals surface area contributed by atoms with Gasteiger partial charge in [-0.2, -0.15) is 0 Å². The molecule has 1 aromatic carbocycles. The molecule has 0 aliphatic carbocycles. The Morgan fingerprint density at radius 1 is 1.43 bits per heavy atom. The molecule has 0 aliphatic rings. The Kier molecular flexibility index (Phi) is 2.84. The molecule has 0 aliphatic heterocycles. The molecule has 14 heavy (non-hydrogen) atoms. The normalized spacial score (nSPS) is 10.6. The molecule has 0 bridgehead atoms. The summed E-state index contributed by atoms with van der Waals surface area (Å²) in [5.74, 6) is -0.393. The van der Waals surface area contributed by atoms with E-state index in [1.165, 1.54) is 19.1 Å². The molecular weight excluding hydrogens is 188 g/mol. The predicted molar refractivity (Wildman–Crippen MR) is 50.6 cm³/mol. The summed E-state index contributed by atoms with van der Waals surface area (Å²) >= 11 is 0. The molecule has 0 aromatic heterocycles. The van der Waals surface area contributed by atoms with E-state index < -0.39 is 12.2 Å². The SMILES string of the molecule is CC(=O)c1cc(C)cc(N)c1C(F)F. The fourth-order valence-electron chi connectivity index (χ4n) is 1.36. The molecular formula is C10H11F2NO. The number of anilines is 1. The van der Waals surface area contributed by atoms with Crippen LogP contribution < -0.4 is 5.73 Å². The minimum absolute atomic E-state index is 0.0116. The number of nitrogen functional groups attached to an aromatic ring is 1. The molecule has 0 spiro atoms. The van der Waals surface area contributed by atoms with Crippen LogP contribution in [0.15, 0.2) is 12.1 Å². The summed E-state index contributed by atoms with van der Waals surface area (Å²) in [7, 11) is 0. The summed E-state index contributed by atoms with van der Waals surface area (Å²) in [6, 6.07) is 2.87. The van der Waals surface area contributed by atoms with E-state index in [4.69, 9.17) is 5.73 Å². The van der Waals surface area contributed by atoms with E-state index in [0.717, 1.165) is 0 Å². The lowest BCUT2D eigenvalue weighted by atomic mass is 10.00. The smallest absolute Gasteiger partial charge is 0.266 e. The minimum atomic E-state index is -2.71. The minimum Gasteiger partial charge on any atom is -0.398 e. The quantitative estimate of drug-likeness (QED) is 0.587. The number of carbonyl (C=O) groups excluding carboxylic acids is 1. The number of halogens is 2. The van der Waals surface area contributed by atoms with E-state index in [2.05, 4.69) is 0 Å². The lowest BCUT2D eigenvalue weighted by molar-refractivity contribution is 0.0999. The number of ketones is 1. The van der Waals surface area contributed by atoms with Crippen LogP contribution in [-0.4, -0.2) is 5.78 Å². The van der Waals surface area contributed by atoms with E-state index in [9.17, 15) is 13.6 Å². The largest absolute Gasteiger partial charge is 0.398 e. The van der Waals surface area contributed by atoms with Gasteiger partial charge < -0.3 is 5.73 Å². The van der Waals surface area contributed by atoms with E-state index in [1.54, 1.807) is 6.92 Å². The molecule has 1 rings (SSSR count). The highest BCUT2D eigenvalue weighted by atomic mass is 19.3. The van der Waals surface area contributed by atoms with Gasteiger partial charge in [0.1, 0.15) is 0 Å². The number of Topliss-reactive ketones (excluding diaryl/α,β-unsaturated/α-hetero) is 1. The average molecular weight is 199 g/mol. The first-order valence-electron chi connectivity index (χ1n) is 4.12. The molecule has 0 heterocycles. The Morgan fingerprint density at radius 2 is 2.00 bits per heavy atom. The predicted octanol–water partition coefficient (Wildman–Crippen LogP) is 2.72. The van der Waals surface area contributed by atoms with Crippen molar-refractivity contribution < 1.29 is 13.6 Å². The number of hydrogen-bond donors (Lipinski definition) is 1. The van der Waals surface area contributed by atoms with Crippen LogP contribution in [0.4, 0.5) is 14.5 Å². The van der Waals surface area contributed by atoms with Crippen molar-refractivity contribution in [1.82, 2.24) is 0 Å². The first kappa shape index (κ1) is 10.6. The molecule has 76 valence electrons. The van der Waals surface area contributed by atoms with Crippen molar-refractivity contribution in [3.8, 4) is 0 Å². The van der Waals surface area contributed by atoms with Crippen molar-refractivity contribution in [2.45, 2.75) is 20.3 Å². The molecule has 4 heteroatoms. The van der Waals surface area contributed by atoms with Crippen LogP contribution in [0.1, 0.15) is 34.8 Å². The van der Waals surface area contributed by atoms with Gasteiger partial charge >= 0.3 is 0 Å². The third-order valence-corrected chi connectivity index (χ3v) is 1.95. The highest BCUT2D eigenvalue weighted by molar-refractivity contribution is 5.97. The van der Waals surface area contributed by atoms with Crippen LogP contribution in [0.2, 0.25) is 0 Å². The van der Waals surface area contributed by atoms with Crippen molar-refractivity contribution in [2.24, 2.45) is 0 Å². The second kappa shape index (κ2) is 3.74. The number of aryl methyl sites for hydroxylation is 1. The van der Waals surface area contributed by atoms with Crippen LogP contribution in [0.3, 0.4) is 0 Å². The van der Waals surface area contributed by atoms with Gasteiger partial charge in [-0.15, -0.1) is 0 Å². The molecule has 0 atom stereocenters. The Morgan fingerprint density at radius 3 is 2.43 bits per heavy atom. The monoisotopic (exact) mass is 199 g/mol. The lowest BCUT2D eigenvalue weighted by Gasteiger charge is -2.10. The van der Waals surface area contributed by atoms with Crippen LogP contribution in [0.5, 0.6) is 0 Å². The number of hydrogen-bond acceptors (Lipinski definition) is 2. The molecule has 0 amide bonds. The van der Waals surface area contributed by atoms with Gasteiger partial charge in [-0.05, 0) is 31.5 Å². The van der Waals surface area contributed by atoms with Crippen LogP contribution in [-0.2, 0) is 0 Å². The first-order chi connectivity index (χ1) is 6.43. The topological polar surface area (TPSA) is 43.1 Å². The Balaban J connectivity index is 3.44. The Bertz CT molecular complexity index is 375. The number of carbonyl (C=O) groups is 1. The number of benzene rings is 1. The maximum Gasteiger partial charge on any atom is 0.266 e. The molecule has 2 N–H and O–H groups in total. The highest BCUT2D eigenvalue weighted by Gasteiger charge is 2.19. The highest BCUT2D eigenvalue weighted by Crippen LogP contribution is 2.30. The number of rotatable bonds is 2. The van der Waals surface area contributed by atoms with Crippen molar-refractivity contribution in [1.29, 1.82) is 0 Å². The third-order valence-electron chi connectivity index (χ3n) is 1.95. The fourth-order valence-corrected chi connectivity index (χ4v) is 1.36. The zero-order valence-electron chi connectivity index (χ0n) is 7.97. The molecule has 0 saturated heterocycles. The summed E-state index contributed by atoms with van der Waals surface area (Å²) < 4.78 is 25.1. The van der Waals surface area contributed by atoms with E-state index in [1.807, 2.05) is 0 Å². The van der Waals surface area contributed by atoms with Crippen molar-refractivity contribution >= 4 is 11.5 Å². The molecule has 0 unspecified atom stereocenters. The van der Waals surface area contributed by atoms with Crippen molar-refractivity contribution in [2.75, 3.05) is 5.73 Å². The molecule has 0 saturated carbocycles. The third kappa shape index (κ3) is 1.89. The van der Waals surface area contributed by atoms with Gasteiger partial charge in [-0.3, -0.25) is 4.79 Å².